The summed E-state index contributed by atoms with van der Waals surface area (Å²) < 4.78 is 4.88. The molecule has 0 aromatic heterocycles. The van der Waals surface area contributed by atoms with E-state index in [4.69, 9.17) is 16.3 Å². The van der Waals surface area contributed by atoms with E-state index >= 15 is 0 Å². The van der Waals surface area contributed by atoms with Crippen LogP contribution >= 0.6 is 11.6 Å². The highest BCUT2D eigenvalue weighted by molar-refractivity contribution is 6.33. The van der Waals surface area contributed by atoms with E-state index in [9.17, 15) is 9.59 Å². The topological polar surface area (TPSA) is 79.5 Å². The minimum absolute atomic E-state index is 0.0664. The Kier molecular flexibility index (Phi) is 8.50. The number of anilines is 2. The second kappa shape index (κ2) is 10.2. The van der Waals surface area contributed by atoms with Gasteiger partial charge in [0.25, 0.3) is 0 Å². The summed E-state index contributed by atoms with van der Waals surface area (Å²) in [6.45, 7) is 3.22. The van der Waals surface area contributed by atoms with Gasteiger partial charge >= 0.3 is 0 Å². The second-order valence-corrected chi connectivity index (χ2v) is 5.12. The molecule has 1 rings (SSSR count). The van der Waals surface area contributed by atoms with Gasteiger partial charge in [-0.2, -0.15) is 0 Å². The summed E-state index contributed by atoms with van der Waals surface area (Å²) in [5.74, 6) is -0.279. The summed E-state index contributed by atoms with van der Waals surface area (Å²) in [5, 5.41) is 8.82. The third kappa shape index (κ3) is 6.89. The highest BCUT2D eigenvalue weighted by Gasteiger charge is 2.08. The van der Waals surface area contributed by atoms with Crippen molar-refractivity contribution in [2.24, 2.45) is 0 Å². The molecule has 1 aromatic rings. The van der Waals surface area contributed by atoms with Crippen molar-refractivity contribution in [1.29, 1.82) is 0 Å². The van der Waals surface area contributed by atoms with Crippen molar-refractivity contribution in [3.63, 3.8) is 0 Å². The van der Waals surface area contributed by atoms with Crippen molar-refractivity contribution in [3.05, 3.63) is 23.2 Å². The lowest BCUT2D eigenvalue weighted by Crippen LogP contribution is -2.30. The second-order valence-electron chi connectivity index (χ2n) is 4.71. The van der Waals surface area contributed by atoms with E-state index in [1.807, 2.05) is 6.92 Å². The van der Waals surface area contributed by atoms with E-state index in [1.165, 1.54) is 0 Å². The molecule has 0 aliphatic carbocycles. The molecule has 0 saturated carbocycles. The van der Waals surface area contributed by atoms with Gasteiger partial charge in [-0.15, -0.1) is 0 Å². The lowest BCUT2D eigenvalue weighted by atomic mass is 10.2. The van der Waals surface area contributed by atoms with Gasteiger partial charge in [-0.25, -0.2) is 0 Å². The Morgan fingerprint density at radius 3 is 2.68 bits per heavy atom. The first-order valence-corrected chi connectivity index (χ1v) is 7.53. The summed E-state index contributed by atoms with van der Waals surface area (Å²) >= 11 is 6.05. The van der Waals surface area contributed by atoms with Gasteiger partial charge in [0.05, 0.1) is 23.9 Å². The smallest absolute Gasteiger partial charge is 0.238 e. The molecule has 0 spiro atoms. The summed E-state index contributed by atoms with van der Waals surface area (Å²) in [4.78, 5) is 23.4. The molecule has 0 bridgehead atoms. The van der Waals surface area contributed by atoms with Crippen molar-refractivity contribution in [2.75, 3.05) is 37.4 Å². The number of rotatable bonds is 9. The molecule has 3 N–H and O–H groups in total. The highest BCUT2D eigenvalue weighted by atomic mass is 35.5. The minimum Gasteiger partial charge on any atom is -0.383 e. The largest absolute Gasteiger partial charge is 0.383 e. The summed E-state index contributed by atoms with van der Waals surface area (Å²) in [7, 11) is 1.60. The number of methoxy groups -OCH3 is 1. The minimum atomic E-state index is -0.213. The molecule has 0 saturated heterocycles. The fraction of sp³-hybridized carbons (Fsp3) is 0.467. The number of halogens is 1. The van der Waals surface area contributed by atoms with E-state index < -0.39 is 0 Å². The molecule has 0 unspecified atom stereocenters. The van der Waals surface area contributed by atoms with Crippen molar-refractivity contribution in [2.45, 2.75) is 19.8 Å². The van der Waals surface area contributed by atoms with Crippen LogP contribution in [-0.2, 0) is 14.3 Å². The molecule has 0 aliphatic heterocycles. The first kappa shape index (κ1) is 18.4. The third-order valence-electron chi connectivity index (χ3n) is 2.77. The molecule has 0 heterocycles. The number of ether oxygens (including phenoxy) is 1. The average Bonchev–Trinajstić information content (AvgIpc) is 2.47. The van der Waals surface area contributed by atoms with E-state index in [-0.39, 0.29) is 18.4 Å². The van der Waals surface area contributed by atoms with Crippen LogP contribution in [-0.4, -0.2) is 38.6 Å². The number of benzene rings is 1. The maximum Gasteiger partial charge on any atom is 0.238 e. The van der Waals surface area contributed by atoms with E-state index in [1.54, 1.807) is 25.3 Å². The number of nitrogens with one attached hydrogen (secondary N) is 3. The van der Waals surface area contributed by atoms with Crippen LogP contribution in [0.25, 0.3) is 0 Å². The van der Waals surface area contributed by atoms with Crippen molar-refractivity contribution < 1.29 is 14.3 Å². The molecule has 0 atom stereocenters. The van der Waals surface area contributed by atoms with Crippen molar-refractivity contribution >= 4 is 34.8 Å². The van der Waals surface area contributed by atoms with Gasteiger partial charge in [0.15, 0.2) is 0 Å². The average molecular weight is 328 g/mol. The molecule has 0 fully saturated rings. The summed E-state index contributed by atoms with van der Waals surface area (Å²) in [6, 6.07) is 4.97. The number of carbonyl (C=O) groups excluding carboxylic acids is 2. The molecule has 2 amide bonds. The Bertz CT molecular complexity index is 509. The van der Waals surface area contributed by atoms with Gasteiger partial charge in [0, 0.05) is 25.8 Å². The number of amides is 2. The molecular formula is C15H22ClN3O3. The zero-order valence-electron chi connectivity index (χ0n) is 12.9. The standard InChI is InChI=1S/C15H22ClN3O3/c1-3-4-14(20)18-11-5-6-12(16)13(9-11)19-15(21)10-17-7-8-22-2/h5-6,9,17H,3-4,7-8,10H2,1-2H3,(H,18,20)(H,19,21). The maximum absolute atomic E-state index is 11.8. The predicted molar refractivity (Wildman–Crippen MR) is 88.4 cm³/mol. The summed E-state index contributed by atoms with van der Waals surface area (Å²) in [6.07, 6.45) is 1.23. The number of carbonyl (C=O) groups is 2. The van der Waals surface area contributed by atoms with Gasteiger partial charge in [-0.3, -0.25) is 9.59 Å². The Balaban J connectivity index is 2.58. The Morgan fingerprint density at radius 1 is 1.23 bits per heavy atom. The molecule has 22 heavy (non-hydrogen) atoms. The summed E-state index contributed by atoms with van der Waals surface area (Å²) in [5.41, 5.74) is 1.07. The van der Waals surface area contributed by atoms with Gasteiger partial charge < -0.3 is 20.7 Å². The van der Waals surface area contributed by atoms with Crippen LogP contribution < -0.4 is 16.0 Å². The third-order valence-corrected chi connectivity index (χ3v) is 3.10. The number of hydrogen-bond acceptors (Lipinski definition) is 4. The molecular weight excluding hydrogens is 306 g/mol. The fourth-order valence-corrected chi connectivity index (χ4v) is 1.88. The van der Waals surface area contributed by atoms with Crippen LogP contribution in [0, 0.1) is 0 Å². The van der Waals surface area contributed by atoms with Crippen LogP contribution in [0.3, 0.4) is 0 Å². The normalized spacial score (nSPS) is 10.3. The van der Waals surface area contributed by atoms with Gasteiger partial charge in [0.2, 0.25) is 11.8 Å². The predicted octanol–water partition coefficient (Wildman–Crippen LogP) is 2.25. The molecule has 0 radical (unpaired) electrons. The van der Waals surface area contributed by atoms with Crippen LogP contribution in [0.5, 0.6) is 0 Å². The van der Waals surface area contributed by atoms with Crippen molar-refractivity contribution in [1.82, 2.24) is 5.32 Å². The Hall–Kier alpha value is -1.63. The van der Waals surface area contributed by atoms with Gasteiger partial charge in [-0.1, -0.05) is 18.5 Å². The molecule has 6 nitrogen and oxygen atoms in total. The lowest BCUT2D eigenvalue weighted by molar-refractivity contribution is -0.116. The molecule has 0 aliphatic rings. The van der Waals surface area contributed by atoms with Crippen LogP contribution in [0.1, 0.15) is 19.8 Å². The zero-order chi connectivity index (χ0) is 16.4. The SMILES string of the molecule is CCCC(=O)Nc1ccc(Cl)c(NC(=O)CNCCOC)c1. The monoisotopic (exact) mass is 327 g/mol. The number of hydrogen-bond donors (Lipinski definition) is 3. The Labute approximate surface area is 135 Å². The molecule has 122 valence electrons. The first-order chi connectivity index (χ1) is 10.6. The van der Waals surface area contributed by atoms with Crippen LogP contribution in [0.15, 0.2) is 18.2 Å². The van der Waals surface area contributed by atoms with Crippen molar-refractivity contribution in [3.8, 4) is 0 Å². The molecule has 1 aromatic carbocycles. The van der Waals surface area contributed by atoms with E-state index in [0.717, 1.165) is 6.42 Å². The van der Waals surface area contributed by atoms with E-state index in [2.05, 4.69) is 16.0 Å². The van der Waals surface area contributed by atoms with E-state index in [0.29, 0.717) is 36.0 Å². The zero-order valence-corrected chi connectivity index (χ0v) is 13.6. The van der Waals surface area contributed by atoms with Gasteiger partial charge in [-0.05, 0) is 24.6 Å². The fourth-order valence-electron chi connectivity index (χ4n) is 1.72. The maximum atomic E-state index is 11.8. The Morgan fingerprint density at radius 2 is 2.00 bits per heavy atom. The highest BCUT2D eigenvalue weighted by Crippen LogP contribution is 2.25. The van der Waals surface area contributed by atoms with Gasteiger partial charge in [0.1, 0.15) is 0 Å². The first-order valence-electron chi connectivity index (χ1n) is 7.15. The quantitative estimate of drug-likeness (QED) is 0.608. The van der Waals surface area contributed by atoms with Crippen LogP contribution in [0.2, 0.25) is 5.02 Å². The van der Waals surface area contributed by atoms with Crippen LogP contribution in [0.4, 0.5) is 11.4 Å². The lowest BCUT2D eigenvalue weighted by Gasteiger charge is -2.11. The molecule has 7 heteroatoms.